The van der Waals surface area contributed by atoms with Gasteiger partial charge in [-0.05, 0) is 44.2 Å². The normalized spacial score (nSPS) is 12.7. The summed E-state index contributed by atoms with van der Waals surface area (Å²) in [6.45, 7) is 2.83. The van der Waals surface area contributed by atoms with Crippen molar-refractivity contribution in [1.29, 1.82) is 0 Å². The molecule has 0 aliphatic carbocycles. The van der Waals surface area contributed by atoms with E-state index in [2.05, 4.69) is 5.32 Å². The lowest BCUT2D eigenvalue weighted by atomic mass is 10.1. The van der Waals surface area contributed by atoms with Crippen molar-refractivity contribution < 1.29 is 28.8 Å². The average molecular weight is 411 g/mol. The van der Waals surface area contributed by atoms with Crippen LogP contribution in [0, 0.1) is 10.1 Å². The van der Waals surface area contributed by atoms with Gasteiger partial charge < -0.3 is 10.1 Å². The SMILES string of the molecule is CC(C)OC(=O)c1ccc(NC(=O)CN2C(=O)c3cccc([N+](=O)[O-])c3C2=O)cc1. The van der Waals surface area contributed by atoms with Crippen molar-refractivity contribution in [2.75, 3.05) is 11.9 Å². The van der Waals surface area contributed by atoms with Crippen molar-refractivity contribution in [3.63, 3.8) is 0 Å². The van der Waals surface area contributed by atoms with Crippen LogP contribution in [0.15, 0.2) is 42.5 Å². The van der Waals surface area contributed by atoms with Crippen molar-refractivity contribution in [3.05, 3.63) is 69.3 Å². The number of amides is 3. The van der Waals surface area contributed by atoms with E-state index in [1.165, 1.54) is 36.4 Å². The van der Waals surface area contributed by atoms with E-state index in [0.717, 1.165) is 6.07 Å². The van der Waals surface area contributed by atoms with Crippen LogP contribution < -0.4 is 5.32 Å². The second kappa shape index (κ2) is 8.11. The Hall–Kier alpha value is -4.08. The summed E-state index contributed by atoms with van der Waals surface area (Å²) in [5.74, 6) is -2.86. The van der Waals surface area contributed by atoms with E-state index in [-0.39, 0.29) is 17.2 Å². The van der Waals surface area contributed by atoms with Crippen molar-refractivity contribution in [2.45, 2.75) is 20.0 Å². The van der Waals surface area contributed by atoms with Crippen molar-refractivity contribution in [1.82, 2.24) is 4.90 Å². The summed E-state index contributed by atoms with van der Waals surface area (Å²) in [5.41, 5.74) is -0.293. The number of nitro groups is 1. The van der Waals surface area contributed by atoms with Crippen LogP contribution in [0.25, 0.3) is 0 Å². The third-order valence-electron chi connectivity index (χ3n) is 4.22. The summed E-state index contributed by atoms with van der Waals surface area (Å²) in [6.07, 6.45) is -0.271. The van der Waals surface area contributed by atoms with E-state index in [1.54, 1.807) is 13.8 Å². The lowest BCUT2D eigenvalue weighted by Gasteiger charge is -2.14. The number of benzene rings is 2. The summed E-state index contributed by atoms with van der Waals surface area (Å²) in [5, 5.41) is 13.6. The van der Waals surface area contributed by atoms with Crippen LogP contribution >= 0.6 is 0 Å². The number of fused-ring (bicyclic) bond motifs is 1. The molecule has 0 unspecified atom stereocenters. The third kappa shape index (κ3) is 4.02. The van der Waals surface area contributed by atoms with Gasteiger partial charge in [0.25, 0.3) is 17.5 Å². The van der Waals surface area contributed by atoms with Gasteiger partial charge in [0.1, 0.15) is 12.1 Å². The summed E-state index contributed by atoms with van der Waals surface area (Å²) < 4.78 is 5.07. The van der Waals surface area contributed by atoms with Gasteiger partial charge in [0.05, 0.1) is 22.2 Å². The Balaban J connectivity index is 1.69. The number of nitro benzene ring substituents is 1. The molecule has 30 heavy (non-hydrogen) atoms. The highest BCUT2D eigenvalue weighted by atomic mass is 16.6. The van der Waals surface area contributed by atoms with Crippen molar-refractivity contribution in [3.8, 4) is 0 Å². The van der Waals surface area contributed by atoms with Crippen LogP contribution in [0.3, 0.4) is 0 Å². The molecule has 2 aromatic rings. The quantitative estimate of drug-likeness (QED) is 0.334. The second-order valence-corrected chi connectivity index (χ2v) is 6.73. The zero-order chi connectivity index (χ0) is 22.0. The van der Waals surface area contributed by atoms with Gasteiger partial charge in [-0.25, -0.2) is 4.79 Å². The minimum Gasteiger partial charge on any atom is -0.459 e. The molecule has 1 aliphatic heterocycles. The van der Waals surface area contributed by atoms with Crippen LogP contribution in [0.4, 0.5) is 11.4 Å². The number of nitrogens with zero attached hydrogens (tertiary/aromatic N) is 2. The van der Waals surface area contributed by atoms with Crippen LogP contribution in [-0.4, -0.2) is 46.2 Å². The summed E-state index contributed by atoms with van der Waals surface area (Å²) in [4.78, 5) is 60.1. The number of nitrogens with one attached hydrogen (secondary N) is 1. The number of rotatable bonds is 6. The standard InChI is InChI=1S/C20H17N3O7/c1-11(2)30-20(27)12-6-8-13(9-7-12)21-16(24)10-22-18(25)14-4-3-5-15(23(28)29)17(14)19(22)26/h3-9,11H,10H2,1-2H3,(H,21,24). The lowest BCUT2D eigenvalue weighted by Crippen LogP contribution is -2.37. The number of carbonyl (C=O) groups is 4. The van der Waals surface area contributed by atoms with Gasteiger partial charge in [0, 0.05) is 11.8 Å². The first-order chi connectivity index (χ1) is 14.2. The number of carbonyl (C=O) groups excluding carboxylic acids is 4. The molecule has 10 heteroatoms. The number of imide groups is 1. The molecule has 0 spiro atoms. The molecule has 1 N–H and O–H groups in total. The lowest BCUT2D eigenvalue weighted by molar-refractivity contribution is -0.385. The first kappa shape index (κ1) is 20.6. The van der Waals surface area contributed by atoms with Crippen LogP contribution in [0.1, 0.15) is 44.9 Å². The molecule has 0 atom stereocenters. The minimum atomic E-state index is -0.899. The smallest absolute Gasteiger partial charge is 0.338 e. The molecule has 0 radical (unpaired) electrons. The van der Waals surface area contributed by atoms with Crippen LogP contribution in [0.5, 0.6) is 0 Å². The first-order valence-corrected chi connectivity index (χ1v) is 8.93. The molecule has 0 saturated heterocycles. The summed E-state index contributed by atoms with van der Waals surface area (Å²) in [6, 6.07) is 9.61. The Bertz CT molecular complexity index is 1060. The Morgan fingerprint density at radius 2 is 1.77 bits per heavy atom. The highest BCUT2D eigenvalue weighted by Crippen LogP contribution is 2.30. The van der Waals surface area contributed by atoms with Gasteiger partial charge in [-0.3, -0.25) is 29.4 Å². The molecule has 10 nitrogen and oxygen atoms in total. The van der Waals surface area contributed by atoms with Gasteiger partial charge in [0.2, 0.25) is 5.91 Å². The average Bonchev–Trinajstić information content (AvgIpc) is 2.93. The molecule has 1 aliphatic rings. The van der Waals surface area contributed by atoms with E-state index in [4.69, 9.17) is 4.74 Å². The van der Waals surface area contributed by atoms with E-state index >= 15 is 0 Å². The zero-order valence-electron chi connectivity index (χ0n) is 16.1. The Morgan fingerprint density at radius 3 is 2.37 bits per heavy atom. The maximum absolute atomic E-state index is 12.5. The minimum absolute atomic E-state index is 0.116. The fraction of sp³-hybridized carbons (Fsp3) is 0.200. The molecule has 0 saturated carbocycles. The Kier molecular flexibility index (Phi) is 5.58. The maximum Gasteiger partial charge on any atom is 0.338 e. The van der Waals surface area contributed by atoms with E-state index in [1.807, 2.05) is 0 Å². The molecule has 0 aromatic heterocycles. The molecular formula is C20H17N3O7. The van der Waals surface area contributed by atoms with Crippen LogP contribution in [0.2, 0.25) is 0 Å². The maximum atomic E-state index is 12.5. The largest absolute Gasteiger partial charge is 0.459 e. The number of esters is 1. The summed E-state index contributed by atoms with van der Waals surface area (Å²) in [7, 11) is 0. The molecule has 3 amide bonds. The predicted octanol–water partition coefficient (Wildman–Crippen LogP) is 2.39. The third-order valence-corrected chi connectivity index (χ3v) is 4.22. The van der Waals surface area contributed by atoms with Gasteiger partial charge in [-0.15, -0.1) is 0 Å². The first-order valence-electron chi connectivity index (χ1n) is 8.93. The molecular weight excluding hydrogens is 394 g/mol. The zero-order valence-corrected chi connectivity index (χ0v) is 16.1. The molecule has 0 fully saturated rings. The monoisotopic (exact) mass is 411 g/mol. The van der Waals surface area contributed by atoms with Crippen LogP contribution in [-0.2, 0) is 9.53 Å². The molecule has 3 rings (SSSR count). The highest BCUT2D eigenvalue weighted by molar-refractivity contribution is 6.24. The Labute approximate surface area is 170 Å². The number of hydrogen-bond acceptors (Lipinski definition) is 7. The number of anilines is 1. The topological polar surface area (TPSA) is 136 Å². The van der Waals surface area contributed by atoms with E-state index < -0.39 is 40.8 Å². The molecule has 2 aromatic carbocycles. The number of hydrogen-bond donors (Lipinski definition) is 1. The van der Waals surface area contributed by atoms with Gasteiger partial charge in [0.15, 0.2) is 0 Å². The van der Waals surface area contributed by atoms with Gasteiger partial charge in [-0.1, -0.05) is 6.07 Å². The van der Waals surface area contributed by atoms with E-state index in [9.17, 15) is 29.3 Å². The molecule has 0 bridgehead atoms. The summed E-state index contributed by atoms with van der Waals surface area (Å²) >= 11 is 0. The van der Waals surface area contributed by atoms with Gasteiger partial charge >= 0.3 is 5.97 Å². The highest BCUT2D eigenvalue weighted by Gasteiger charge is 2.41. The van der Waals surface area contributed by atoms with Gasteiger partial charge in [-0.2, -0.15) is 0 Å². The fourth-order valence-corrected chi connectivity index (χ4v) is 2.93. The van der Waals surface area contributed by atoms with Crippen molar-refractivity contribution in [2.24, 2.45) is 0 Å². The number of ether oxygens (including phenoxy) is 1. The molecule has 154 valence electrons. The molecule has 1 heterocycles. The van der Waals surface area contributed by atoms with Crippen molar-refractivity contribution >= 4 is 35.1 Å². The Morgan fingerprint density at radius 1 is 1.10 bits per heavy atom. The van der Waals surface area contributed by atoms with E-state index in [0.29, 0.717) is 16.2 Å². The second-order valence-electron chi connectivity index (χ2n) is 6.73. The predicted molar refractivity (Wildman–Crippen MR) is 104 cm³/mol. The fourth-order valence-electron chi connectivity index (χ4n) is 2.93.